The standard InChI is InChI=1S/C17H17N3S/c21-17-19-18-16(13-15-9-5-2-6-10-15)20(17)12-11-14-7-3-1-4-8-14/h1-10H,11-13H2,(H,19,21). The lowest BCUT2D eigenvalue weighted by Gasteiger charge is -2.07. The van der Waals surface area contributed by atoms with Crippen molar-refractivity contribution in [3.05, 3.63) is 82.4 Å². The molecule has 0 aliphatic rings. The lowest BCUT2D eigenvalue weighted by Crippen LogP contribution is -2.07. The molecule has 4 heteroatoms. The largest absolute Gasteiger partial charge is 0.304 e. The highest BCUT2D eigenvalue weighted by Crippen LogP contribution is 2.09. The van der Waals surface area contributed by atoms with Crippen LogP contribution in [-0.2, 0) is 19.4 Å². The molecule has 0 fully saturated rings. The molecule has 3 rings (SSSR count). The summed E-state index contributed by atoms with van der Waals surface area (Å²) in [5, 5.41) is 7.28. The minimum Gasteiger partial charge on any atom is -0.304 e. The van der Waals surface area contributed by atoms with E-state index in [4.69, 9.17) is 12.2 Å². The molecular formula is C17H17N3S. The first kappa shape index (κ1) is 13.8. The Morgan fingerprint density at radius 1 is 0.905 bits per heavy atom. The van der Waals surface area contributed by atoms with E-state index in [1.54, 1.807) is 0 Å². The molecule has 3 nitrogen and oxygen atoms in total. The Labute approximate surface area is 129 Å². The maximum atomic E-state index is 5.35. The highest BCUT2D eigenvalue weighted by molar-refractivity contribution is 7.71. The van der Waals surface area contributed by atoms with Gasteiger partial charge in [-0.25, -0.2) is 0 Å². The molecule has 2 aromatic carbocycles. The number of aromatic nitrogens is 3. The number of nitrogens with one attached hydrogen (secondary N) is 1. The fourth-order valence-corrected chi connectivity index (χ4v) is 2.62. The number of rotatable bonds is 5. The molecule has 0 atom stereocenters. The van der Waals surface area contributed by atoms with Crippen molar-refractivity contribution in [1.29, 1.82) is 0 Å². The predicted octanol–water partition coefficient (Wildman–Crippen LogP) is 3.77. The maximum absolute atomic E-state index is 5.35. The fraction of sp³-hybridized carbons (Fsp3) is 0.176. The normalized spacial score (nSPS) is 10.7. The lowest BCUT2D eigenvalue weighted by molar-refractivity contribution is 0.653. The number of hydrogen-bond acceptors (Lipinski definition) is 2. The van der Waals surface area contributed by atoms with Crippen molar-refractivity contribution in [3.63, 3.8) is 0 Å². The molecule has 0 amide bonds. The van der Waals surface area contributed by atoms with Crippen molar-refractivity contribution in [2.75, 3.05) is 0 Å². The molecule has 0 saturated carbocycles. The van der Waals surface area contributed by atoms with Crippen LogP contribution in [0.3, 0.4) is 0 Å². The Hall–Kier alpha value is -2.20. The fourth-order valence-electron chi connectivity index (χ4n) is 2.38. The molecule has 0 aliphatic heterocycles. The van der Waals surface area contributed by atoms with E-state index in [9.17, 15) is 0 Å². The highest BCUT2D eigenvalue weighted by Gasteiger charge is 2.07. The average molecular weight is 295 g/mol. The van der Waals surface area contributed by atoms with Gasteiger partial charge in [0, 0.05) is 13.0 Å². The van der Waals surface area contributed by atoms with Crippen LogP contribution in [0.15, 0.2) is 60.7 Å². The van der Waals surface area contributed by atoms with E-state index in [-0.39, 0.29) is 0 Å². The summed E-state index contributed by atoms with van der Waals surface area (Å²) in [6.45, 7) is 0.849. The monoisotopic (exact) mass is 295 g/mol. The van der Waals surface area contributed by atoms with Crippen LogP contribution in [0.1, 0.15) is 17.0 Å². The Morgan fingerprint density at radius 2 is 1.52 bits per heavy atom. The highest BCUT2D eigenvalue weighted by atomic mass is 32.1. The molecule has 3 aromatic rings. The summed E-state index contributed by atoms with van der Waals surface area (Å²) in [5.74, 6) is 0.988. The second kappa shape index (κ2) is 6.50. The van der Waals surface area contributed by atoms with Gasteiger partial charge < -0.3 is 4.57 Å². The topological polar surface area (TPSA) is 33.6 Å². The molecule has 1 aromatic heterocycles. The third kappa shape index (κ3) is 3.47. The predicted molar refractivity (Wildman–Crippen MR) is 86.8 cm³/mol. The van der Waals surface area contributed by atoms with Crippen LogP contribution >= 0.6 is 12.2 Å². The zero-order chi connectivity index (χ0) is 14.5. The maximum Gasteiger partial charge on any atom is 0.195 e. The third-order valence-electron chi connectivity index (χ3n) is 3.51. The van der Waals surface area contributed by atoms with Gasteiger partial charge in [0.1, 0.15) is 5.82 Å². The van der Waals surface area contributed by atoms with Gasteiger partial charge in [0.05, 0.1) is 0 Å². The zero-order valence-corrected chi connectivity index (χ0v) is 12.5. The van der Waals surface area contributed by atoms with Gasteiger partial charge in [-0.1, -0.05) is 60.7 Å². The van der Waals surface area contributed by atoms with Gasteiger partial charge >= 0.3 is 0 Å². The average Bonchev–Trinajstić information content (AvgIpc) is 2.87. The smallest absolute Gasteiger partial charge is 0.195 e. The molecule has 0 aliphatic carbocycles. The summed E-state index contributed by atoms with van der Waals surface area (Å²) in [7, 11) is 0. The lowest BCUT2D eigenvalue weighted by atomic mass is 10.1. The minimum absolute atomic E-state index is 0.692. The zero-order valence-electron chi connectivity index (χ0n) is 11.7. The molecule has 0 spiro atoms. The Balaban J connectivity index is 1.76. The Bertz CT molecular complexity index is 744. The van der Waals surface area contributed by atoms with Gasteiger partial charge in [-0.05, 0) is 29.8 Å². The number of nitrogens with zero attached hydrogens (tertiary/aromatic N) is 2. The van der Waals surface area contributed by atoms with Gasteiger partial charge in [-0.15, -0.1) is 0 Å². The van der Waals surface area contributed by atoms with Crippen molar-refractivity contribution < 1.29 is 0 Å². The SMILES string of the molecule is S=c1[nH]nc(Cc2ccccc2)n1CCc1ccccc1. The van der Waals surface area contributed by atoms with Crippen LogP contribution in [0, 0.1) is 4.77 Å². The summed E-state index contributed by atoms with van der Waals surface area (Å²) in [6.07, 6.45) is 1.75. The molecule has 1 heterocycles. The molecule has 106 valence electrons. The van der Waals surface area contributed by atoms with Crippen molar-refractivity contribution >= 4 is 12.2 Å². The summed E-state index contributed by atoms with van der Waals surface area (Å²) in [5.41, 5.74) is 2.55. The van der Waals surface area contributed by atoms with E-state index in [0.29, 0.717) is 4.77 Å². The summed E-state index contributed by atoms with van der Waals surface area (Å²) >= 11 is 5.35. The van der Waals surface area contributed by atoms with Gasteiger partial charge in [0.15, 0.2) is 4.77 Å². The van der Waals surface area contributed by atoms with Gasteiger partial charge in [-0.2, -0.15) is 5.10 Å². The molecule has 0 unspecified atom stereocenters. The number of aromatic amines is 1. The molecular weight excluding hydrogens is 278 g/mol. The van der Waals surface area contributed by atoms with E-state index in [2.05, 4.69) is 51.2 Å². The van der Waals surface area contributed by atoms with E-state index < -0.39 is 0 Å². The van der Waals surface area contributed by atoms with E-state index in [0.717, 1.165) is 25.2 Å². The third-order valence-corrected chi connectivity index (χ3v) is 3.82. The van der Waals surface area contributed by atoms with Crippen molar-refractivity contribution in [2.24, 2.45) is 0 Å². The van der Waals surface area contributed by atoms with Crippen LogP contribution in [0.4, 0.5) is 0 Å². The van der Waals surface area contributed by atoms with Gasteiger partial charge in [0.2, 0.25) is 0 Å². The van der Waals surface area contributed by atoms with Crippen LogP contribution < -0.4 is 0 Å². The number of hydrogen-bond donors (Lipinski definition) is 1. The first-order chi connectivity index (χ1) is 10.3. The van der Waals surface area contributed by atoms with E-state index in [1.165, 1.54) is 11.1 Å². The first-order valence-corrected chi connectivity index (χ1v) is 7.46. The van der Waals surface area contributed by atoms with Crippen LogP contribution in [0.2, 0.25) is 0 Å². The number of H-pyrrole nitrogens is 1. The summed E-state index contributed by atoms with van der Waals surface area (Å²) < 4.78 is 2.78. The van der Waals surface area contributed by atoms with E-state index >= 15 is 0 Å². The van der Waals surface area contributed by atoms with E-state index in [1.807, 2.05) is 24.3 Å². The van der Waals surface area contributed by atoms with Crippen LogP contribution in [0.25, 0.3) is 0 Å². The van der Waals surface area contributed by atoms with Gasteiger partial charge in [-0.3, -0.25) is 5.10 Å². The summed E-state index contributed by atoms with van der Waals surface area (Å²) in [4.78, 5) is 0. The Morgan fingerprint density at radius 3 is 2.19 bits per heavy atom. The summed E-state index contributed by atoms with van der Waals surface area (Å²) in [6, 6.07) is 20.8. The number of benzene rings is 2. The second-order valence-corrected chi connectivity index (χ2v) is 5.38. The molecule has 21 heavy (non-hydrogen) atoms. The number of aryl methyl sites for hydroxylation is 1. The van der Waals surface area contributed by atoms with Crippen molar-refractivity contribution in [1.82, 2.24) is 14.8 Å². The van der Waals surface area contributed by atoms with Crippen LogP contribution in [0.5, 0.6) is 0 Å². The molecule has 1 N–H and O–H groups in total. The molecule has 0 bridgehead atoms. The minimum atomic E-state index is 0.692. The van der Waals surface area contributed by atoms with Crippen molar-refractivity contribution in [3.8, 4) is 0 Å². The molecule has 0 saturated heterocycles. The quantitative estimate of drug-likeness (QED) is 0.727. The van der Waals surface area contributed by atoms with Crippen molar-refractivity contribution in [2.45, 2.75) is 19.4 Å². The Kier molecular flexibility index (Phi) is 4.26. The second-order valence-electron chi connectivity index (χ2n) is 4.99. The first-order valence-electron chi connectivity index (χ1n) is 7.05. The molecule has 0 radical (unpaired) electrons. The van der Waals surface area contributed by atoms with Gasteiger partial charge in [0.25, 0.3) is 0 Å². The van der Waals surface area contributed by atoms with Crippen LogP contribution in [-0.4, -0.2) is 14.8 Å².